The summed E-state index contributed by atoms with van der Waals surface area (Å²) in [5.74, 6) is 0.877. The maximum Gasteiger partial charge on any atom is 0.170 e. The van der Waals surface area contributed by atoms with Gasteiger partial charge in [-0.25, -0.2) is 0 Å². The molecular formula is C26H27NO3. The van der Waals surface area contributed by atoms with Gasteiger partial charge in [0.15, 0.2) is 5.78 Å². The molecule has 5 rings (SSSR count). The summed E-state index contributed by atoms with van der Waals surface area (Å²) in [5, 5.41) is 2.06. The summed E-state index contributed by atoms with van der Waals surface area (Å²) in [7, 11) is 1.64. The lowest BCUT2D eigenvalue weighted by Gasteiger charge is -2.48. The summed E-state index contributed by atoms with van der Waals surface area (Å²) in [6.45, 7) is 2.30. The lowest BCUT2D eigenvalue weighted by atomic mass is 9.79. The summed E-state index contributed by atoms with van der Waals surface area (Å²) < 4.78 is 11.5. The molecule has 2 bridgehead atoms. The second-order valence-electron chi connectivity index (χ2n) is 8.40. The Hall–Kier alpha value is -2.69. The predicted octanol–water partition coefficient (Wildman–Crippen LogP) is 4.71. The van der Waals surface area contributed by atoms with Crippen LogP contribution in [0.5, 0.6) is 5.75 Å². The van der Waals surface area contributed by atoms with Gasteiger partial charge in [0.2, 0.25) is 0 Å². The van der Waals surface area contributed by atoms with Crippen LogP contribution in [0.25, 0.3) is 10.8 Å². The summed E-state index contributed by atoms with van der Waals surface area (Å²) in [6, 6.07) is 23.1. The van der Waals surface area contributed by atoms with E-state index in [-0.39, 0.29) is 23.8 Å². The molecule has 3 aromatic carbocycles. The molecule has 2 fully saturated rings. The fraction of sp³-hybridized carbons (Fsp3) is 0.346. The van der Waals surface area contributed by atoms with Crippen LogP contribution in [0, 0.1) is 5.92 Å². The highest BCUT2D eigenvalue weighted by molar-refractivity contribution is 6.11. The SMILES string of the molecule is COc1ccc2ccccc2c1C(=O)C1CC2COCC(C1)N2Cc1ccccc1. The van der Waals surface area contributed by atoms with Crippen molar-refractivity contribution in [2.24, 2.45) is 5.92 Å². The van der Waals surface area contributed by atoms with Crippen molar-refractivity contribution in [2.75, 3.05) is 20.3 Å². The second kappa shape index (κ2) is 8.21. The number of Topliss-reactive ketones (excluding diaryl/α,β-unsaturated/α-hetero) is 1. The third-order valence-electron chi connectivity index (χ3n) is 6.61. The van der Waals surface area contributed by atoms with Gasteiger partial charge in [0.25, 0.3) is 0 Å². The molecular weight excluding hydrogens is 374 g/mol. The minimum absolute atomic E-state index is 0.00405. The fourth-order valence-corrected chi connectivity index (χ4v) is 5.14. The smallest absolute Gasteiger partial charge is 0.170 e. The highest BCUT2D eigenvalue weighted by atomic mass is 16.5. The zero-order valence-electron chi connectivity index (χ0n) is 17.3. The predicted molar refractivity (Wildman–Crippen MR) is 118 cm³/mol. The number of benzene rings is 3. The van der Waals surface area contributed by atoms with Crippen molar-refractivity contribution in [2.45, 2.75) is 31.5 Å². The van der Waals surface area contributed by atoms with Crippen LogP contribution in [0.1, 0.15) is 28.8 Å². The van der Waals surface area contributed by atoms with Gasteiger partial charge in [-0.3, -0.25) is 9.69 Å². The number of methoxy groups -OCH3 is 1. The monoisotopic (exact) mass is 401 g/mol. The Balaban J connectivity index is 1.43. The van der Waals surface area contributed by atoms with Crippen molar-refractivity contribution in [3.63, 3.8) is 0 Å². The molecule has 2 saturated heterocycles. The van der Waals surface area contributed by atoms with E-state index >= 15 is 0 Å². The van der Waals surface area contributed by atoms with Crippen LogP contribution in [0.15, 0.2) is 66.7 Å². The van der Waals surface area contributed by atoms with Crippen LogP contribution in [0.2, 0.25) is 0 Å². The van der Waals surface area contributed by atoms with E-state index in [4.69, 9.17) is 9.47 Å². The van der Waals surface area contributed by atoms with Crippen molar-refractivity contribution in [1.82, 2.24) is 4.90 Å². The number of ether oxygens (including phenoxy) is 2. The van der Waals surface area contributed by atoms with Crippen molar-refractivity contribution >= 4 is 16.6 Å². The molecule has 4 nitrogen and oxygen atoms in total. The normalized spacial score (nSPS) is 24.0. The molecule has 4 heteroatoms. The van der Waals surface area contributed by atoms with Gasteiger partial charge in [-0.15, -0.1) is 0 Å². The van der Waals surface area contributed by atoms with E-state index in [0.29, 0.717) is 19.0 Å². The number of carbonyl (C=O) groups excluding carboxylic acids is 1. The Morgan fingerprint density at radius 1 is 0.967 bits per heavy atom. The molecule has 0 N–H and O–H groups in total. The van der Waals surface area contributed by atoms with Crippen molar-refractivity contribution in [1.29, 1.82) is 0 Å². The first-order valence-corrected chi connectivity index (χ1v) is 10.7. The molecule has 0 amide bonds. The number of rotatable bonds is 5. The molecule has 0 aliphatic carbocycles. The van der Waals surface area contributed by atoms with E-state index in [9.17, 15) is 4.79 Å². The third kappa shape index (κ3) is 3.51. The quantitative estimate of drug-likeness (QED) is 0.581. The van der Waals surface area contributed by atoms with Crippen LogP contribution in [0.4, 0.5) is 0 Å². The van der Waals surface area contributed by atoms with Crippen LogP contribution >= 0.6 is 0 Å². The van der Waals surface area contributed by atoms with E-state index in [1.165, 1.54) is 5.56 Å². The maximum atomic E-state index is 13.8. The van der Waals surface area contributed by atoms with Gasteiger partial charge in [-0.1, -0.05) is 60.7 Å². The van der Waals surface area contributed by atoms with Crippen molar-refractivity contribution in [3.8, 4) is 5.75 Å². The Bertz CT molecular complexity index is 1030. The first-order chi connectivity index (χ1) is 14.7. The molecule has 2 aliphatic heterocycles. The highest BCUT2D eigenvalue weighted by Gasteiger charge is 2.42. The van der Waals surface area contributed by atoms with Gasteiger partial charge >= 0.3 is 0 Å². The van der Waals surface area contributed by atoms with Gasteiger partial charge < -0.3 is 9.47 Å². The molecule has 2 aliphatic rings. The minimum Gasteiger partial charge on any atom is -0.496 e. The van der Waals surface area contributed by atoms with Crippen LogP contribution < -0.4 is 4.74 Å². The van der Waals surface area contributed by atoms with E-state index in [1.807, 2.05) is 30.3 Å². The number of hydrogen-bond acceptors (Lipinski definition) is 4. The van der Waals surface area contributed by atoms with Gasteiger partial charge in [-0.05, 0) is 35.2 Å². The first kappa shape index (κ1) is 19.3. The molecule has 2 unspecified atom stereocenters. The number of hydrogen-bond donors (Lipinski definition) is 0. The molecule has 30 heavy (non-hydrogen) atoms. The largest absolute Gasteiger partial charge is 0.496 e. The Labute approximate surface area is 177 Å². The third-order valence-corrected chi connectivity index (χ3v) is 6.61. The van der Waals surface area contributed by atoms with Crippen LogP contribution in [-0.2, 0) is 11.3 Å². The van der Waals surface area contributed by atoms with Crippen molar-refractivity contribution < 1.29 is 14.3 Å². The number of piperidine rings is 1. The average Bonchev–Trinajstić information content (AvgIpc) is 2.78. The summed E-state index contributed by atoms with van der Waals surface area (Å²) in [5.41, 5.74) is 2.05. The zero-order valence-corrected chi connectivity index (χ0v) is 17.3. The van der Waals surface area contributed by atoms with Crippen molar-refractivity contribution in [3.05, 3.63) is 77.9 Å². The standard InChI is InChI=1S/C26H27NO3/c1-29-24-12-11-19-9-5-6-10-23(19)25(24)26(28)20-13-21-16-30-17-22(14-20)27(21)15-18-7-3-2-4-8-18/h2-12,20-22H,13-17H2,1H3. The Morgan fingerprint density at radius 2 is 1.67 bits per heavy atom. The lowest BCUT2D eigenvalue weighted by molar-refractivity contribution is -0.0872. The molecule has 2 heterocycles. The Kier molecular flexibility index (Phi) is 5.28. The van der Waals surface area contributed by atoms with E-state index in [0.717, 1.165) is 35.7 Å². The minimum atomic E-state index is -0.00405. The topological polar surface area (TPSA) is 38.8 Å². The number of ketones is 1. The summed E-state index contributed by atoms with van der Waals surface area (Å²) in [6.07, 6.45) is 1.66. The first-order valence-electron chi connectivity index (χ1n) is 10.7. The van der Waals surface area contributed by atoms with Gasteiger partial charge in [-0.2, -0.15) is 0 Å². The van der Waals surface area contributed by atoms with E-state index in [2.05, 4.69) is 41.3 Å². The van der Waals surface area contributed by atoms with Gasteiger partial charge in [0.1, 0.15) is 5.75 Å². The molecule has 0 radical (unpaired) electrons. The molecule has 154 valence electrons. The lowest BCUT2D eigenvalue weighted by Crippen LogP contribution is -2.57. The summed E-state index contributed by atoms with van der Waals surface area (Å²) >= 11 is 0. The van der Waals surface area contributed by atoms with Crippen LogP contribution in [-0.4, -0.2) is 43.1 Å². The number of fused-ring (bicyclic) bond motifs is 3. The molecule has 0 saturated carbocycles. The van der Waals surface area contributed by atoms with Gasteiger partial charge in [0.05, 0.1) is 25.9 Å². The zero-order chi connectivity index (χ0) is 20.5. The number of carbonyl (C=O) groups is 1. The molecule has 3 aromatic rings. The van der Waals surface area contributed by atoms with Crippen LogP contribution in [0.3, 0.4) is 0 Å². The Morgan fingerprint density at radius 3 is 2.40 bits per heavy atom. The molecule has 0 aromatic heterocycles. The molecule has 2 atom stereocenters. The number of morpholine rings is 1. The van der Waals surface area contributed by atoms with E-state index < -0.39 is 0 Å². The summed E-state index contributed by atoms with van der Waals surface area (Å²) in [4.78, 5) is 16.3. The molecule has 0 spiro atoms. The second-order valence-corrected chi connectivity index (χ2v) is 8.40. The fourth-order valence-electron chi connectivity index (χ4n) is 5.14. The van der Waals surface area contributed by atoms with E-state index in [1.54, 1.807) is 7.11 Å². The highest BCUT2D eigenvalue weighted by Crippen LogP contribution is 2.38. The van der Waals surface area contributed by atoms with Gasteiger partial charge in [0, 0.05) is 24.5 Å². The average molecular weight is 402 g/mol. The number of nitrogens with zero attached hydrogens (tertiary/aromatic N) is 1. The maximum absolute atomic E-state index is 13.8.